The predicted molar refractivity (Wildman–Crippen MR) is 83.9 cm³/mol. The van der Waals surface area contributed by atoms with E-state index in [-0.39, 0.29) is 6.54 Å². The topological polar surface area (TPSA) is 37.4 Å². The lowest BCUT2D eigenvalue weighted by atomic mass is 10.2. The van der Waals surface area contributed by atoms with Gasteiger partial charge in [0.1, 0.15) is 0 Å². The van der Waals surface area contributed by atoms with Gasteiger partial charge in [-0.2, -0.15) is 0 Å². The summed E-state index contributed by atoms with van der Waals surface area (Å²) in [6.07, 6.45) is 1.17. The number of halogens is 2. The van der Waals surface area contributed by atoms with Crippen molar-refractivity contribution in [3.63, 3.8) is 0 Å². The number of para-hydroxylation sites is 1. The number of rotatable bonds is 4. The van der Waals surface area contributed by atoms with Crippen molar-refractivity contribution >= 4 is 38.9 Å². The van der Waals surface area contributed by atoms with Crippen LogP contribution in [0.4, 0.5) is 5.69 Å². The lowest BCUT2D eigenvalue weighted by molar-refractivity contribution is 0.596. The molecule has 0 fully saturated rings. The highest BCUT2D eigenvalue weighted by Crippen LogP contribution is 2.26. The molecule has 106 valence electrons. The molecule has 0 aliphatic rings. The van der Waals surface area contributed by atoms with Gasteiger partial charge in [-0.1, -0.05) is 47.5 Å². The minimum absolute atomic E-state index is 0.166. The molecule has 6 heteroatoms. The highest BCUT2D eigenvalue weighted by molar-refractivity contribution is 7.92. The first-order valence-corrected chi connectivity index (χ1v) is 8.45. The molecule has 20 heavy (non-hydrogen) atoms. The average Bonchev–Trinajstić information content (AvgIpc) is 2.37. The Morgan fingerprint density at radius 1 is 1.05 bits per heavy atom. The van der Waals surface area contributed by atoms with Crippen molar-refractivity contribution in [2.45, 2.75) is 6.54 Å². The van der Waals surface area contributed by atoms with Crippen LogP contribution >= 0.6 is 23.2 Å². The van der Waals surface area contributed by atoms with Crippen molar-refractivity contribution in [1.29, 1.82) is 0 Å². The van der Waals surface area contributed by atoms with E-state index in [1.807, 2.05) is 6.07 Å². The maximum absolute atomic E-state index is 12.0. The van der Waals surface area contributed by atoms with Crippen molar-refractivity contribution in [3.05, 3.63) is 64.1 Å². The van der Waals surface area contributed by atoms with Gasteiger partial charge in [-0.25, -0.2) is 8.42 Å². The number of anilines is 1. The quantitative estimate of drug-likeness (QED) is 0.851. The molecule has 0 N–H and O–H groups in total. The SMILES string of the molecule is CS(=O)(=O)N(Cc1ccc(Cl)cc1Cl)c1ccccc1. The van der Waals surface area contributed by atoms with Crippen LogP contribution in [0, 0.1) is 0 Å². The molecule has 0 heterocycles. The monoisotopic (exact) mass is 329 g/mol. The van der Waals surface area contributed by atoms with E-state index in [2.05, 4.69) is 0 Å². The number of nitrogens with zero attached hydrogens (tertiary/aromatic N) is 1. The van der Waals surface area contributed by atoms with Crippen molar-refractivity contribution in [1.82, 2.24) is 0 Å². The Bertz CT molecular complexity index is 702. The van der Waals surface area contributed by atoms with Gasteiger partial charge in [-0.05, 0) is 29.8 Å². The summed E-state index contributed by atoms with van der Waals surface area (Å²) in [4.78, 5) is 0. The van der Waals surface area contributed by atoms with Gasteiger partial charge < -0.3 is 0 Å². The van der Waals surface area contributed by atoms with E-state index in [9.17, 15) is 8.42 Å². The number of sulfonamides is 1. The molecule has 0 bridgehead atoms. The molecular weight excluding hydrogens is 317 g/mol. The van der Waals surface area contributed by atoms with Crippen LogP contribution < -0.4 is 4.31 Å². The van der Waals surface area contributed by atoms with Crippen LogP contribution in [0.15, 0.2) is 48.5 Å². The summed E-state index contributed by atoms with van der Waals surface area (Å²) in [6, 6.07) is 13.9. The van der Waals surface area contributed by atoms with Crippen LogP contribution in [0.25, 0.3) is 0 Å². The third-order valence-electron chi connectivity index (χ3n) is 2.77. The molecule has 0 aromatic heterocycles. The van der Waals surface area contributed by atoms with E-state index in [0.29, 0.717) is 21.3 Å². The first kappa shape index (κ1) is 15.2. The zero-order valence-electron chi connectivity index (χ0n) is 10.8. The minimum atomic E-state index is -3.40. The Kier molecular flexibility index (Phi) is 4.58. The molecule has 3 nitrogen and oxygen atoms in total. The molecule has 0 saturated heterocycles. The largest absolute Gasteiger partial charge is 0.266 e. The summed E-state index contributed by atoms with van der Waals surface area (Å²) in [6.45, 7) is 0.166. The standard InChI is InChI=1S/C14H13Cl2NO2S/c1-20(18,19)17(13-5-3-2-4-6-13)10-11-7-8-12(15)9-14(11)16/h2-9H,10H2,1H3. The second kappa shape index (κ2) is 6.04. The molecule has 0 atom stereocenters. The maximum Gasteiger partial charge on any atom is 0.232 e. The van der Waals surface area contributed by atoms with E-state index in [1.165, 1.54) is 10.6 Å². The fourth-order valence-corrected chi connectivity index (χ4v) is 3.15. The lowest BCUT2D eigenvalue weighted by Gasteiger charge is -2.23. The predicted octanol–water partition coefficient (Wildman–Crippen LogP) is 3.96. The summed E-state index contributed by atoms with van der Waals surface area (Å²) >= 11 is 11.9. The average molecular weight is 330 g/mol. The first-order valence-electron chi connectivity index (χ1n) is 5.84. The van der Waals surface area contributed by atoms with E-state index < -0.39 is 10.0 Å². The van der Waals surface area contributed by atoms with Crippen LogP contribution in [-0.4, -0.2) is 14.7 Å². The van der Waals surface area contributed by atoms with Crippen molar-refractivity contribution in [2.75, 3.05) is 10.6 Å². The van der Waals surface area contributed by atoms with Crippen LogP contribution in [0.3, 0.4) is 0 Å². The molecule has 0 aliphatic heterocycles. The van der Waals surface area contributed by atoms with E-state index in [0.717, 1.165) is 0 Å². The van der Waals surface area contributed by atoms with Crippen LogP contribution in [0.5, 0.6) is 0 Å². The molecule has 0 unspecified atom stereocenters. The third-order valence-corrected chi connectivity index (χ3v) is 4.50. The Balaban J connectivity index is 2.40. The molecule has 0 amide bonds. The molecule has 2 aromatic carbocycles. The molecule has 0 spiro atoms. The fraction of sp³-hybridized carbons (Fsp3) is 0.143. The Hall–Kier alpha value is -1.23. The van der Waals surface area contributed by atoms with Gasteiger partial charge in [-0.15, -0.1) is 0 Å². The van der Waals surface area contributed by atoms with Crippen LogP contribution in [0.1, 0.15) is 5.56 Å². The normalized spacial score (nSPS) is 11.3. The zero-order chi connectivity index (χ0) is 14.8. The smallest absolute Gasteiger partial charge is 0.232 e. The highest BCUT2D eigenvalue weighted by atomic mass is 35.5. The van der Waals surface area contributed by atoms with E-state index in [1.54, 1.807) is 42.5 Å². The van der Waals surface area contributed by atoms with Crippen molar-refractivity contribution < 1.29 is 8.42 Å². The van der Waals surface area contributed by atoms with Gasteiger partial charge in [0, 0.05) is 10.0 Å². The number of hydrogen-bond acceptors (Lipinski definition) is 2. The van der Waals surface area contributed by atoms with E-state index >= 15 is 0 Å². The van der Waals surface area contributed by atoms with Crippen molar-refractivity contribution in [3.8, 4) is 0 Å². The van der Waals surface area contributed by atoms with Gasteiger partial charge in [-0.3, -0.25) is 4.31 Å². The summed E-state index contributed by atoms with van der Waals surface area (Å²) in [7, 11) is -3.40. The first-order chi connectivity index (χ1) is 9.38. The molecule has 2 rings (SSSR count). The Morgan fingerprint density at radius 3 is 2.25 bits per heavy atom. The Labute approximate surface area is 128 Å². The fourth-order valence-electron chi connectivity index (χ4n) is 1.80. The van der Waals surface area contributed by atoms with E-state index in [4.69, 9.17) is 23.2 Å². The molecular formula is C14H13Cl2NO2S. The van der Waals surface area contributed by atoms with Crippen LogP contribution in [0.2, 0.25) is 10.0 Å². The highest BCUT2D eigenvalue weighted by Gasteiger charge is 2.18. The van der Waals surface area contributed by atoms with Gasteiger partial charge >= 0.3 is 0 Å². The summed E-state index contributed by atoms with van der Waals surface area (Å²) in [5.74, 6) is 0. The number of benzene rings is 2. The van der Waals surface area contributed by atoms with Gasteiger partial charge in [0.05, 0.1) is 18.5 Å². The third kappa shape index (κ3) is 3.66. The molecule has 0 radical (unpaired) electrons. The second-order valence-electron chi connectivity index (χ2n) is 4.34. The van der Waals surface area contributed by atoms with Crippen molar-refractivity contribution in [2.24, 2.45) is 0 Å². The Morgan fingerprint density at radius 2 is 1.70 bits per heavy atom. The number of hydrogen-bond donors (Lipinski definition) is 0. The summed E-state index contributed by atoms with van der Waals surface area (Å²) in [5.41, 5.74) is 1.30. The van der Waals surface area contributed by atoms with Gasteiger partial charge in [0.2, 0.25) is 10.0 Å². The molecule has 2 aromatic rings. The maximum atomic E-state index is 12.0. The second-order valence-corrected chi connectivity index (χ2v) is 7.09. The van der Waals surface area contributed by atoms with Gasteiger partial charge in [0.25, 0.3) is 0 Å². The van der Waals surface area contributed by atoms with Crippen LogP contribution in [-0.2, 0) is 16.6 Å². The zero-order valence-corrected chi connectivity index (χ0v) is 13.1. The molecule has 0 saturated carbocycles. The molecule has 0 aliphatic carbocycles. The summed E-state index contributed by atoms with van der Waals surface area (Å²) in [5, 5.41) is 0.964. The lowest BCUT2D eigenvalue weighted by Crippen LogP contribution is -2.29. The van der Waals surface area contributed by atoms with Gasteiger partial charge in [0.15, 0.2) is 0 Å². The summed E-state index contributed by atoms with van der Waals surface area (Å²) < 4.78 is 25.3. The minimum Gasteiger partial charge on any atom is -0.266 e.